The molecule has 8 heteroatoms. The highest BCUT2D eigenvalue weighted by Crippen LogP contribution is 2.28. The molecule has 0 saturated carbocycles. The fraction of sp³-hybridized carbons (Fsp3) is 0.0800. The van der Waals surface area contributed by atoms with Crippen molar-refractivity contribution >= 4 is 55.5 Å². The minimum absolute atomic E-state index is 0.101. The number of benzene rings is 3. The Morgan fingerprint density at radius 2 is 1.79 bits per heavy atom. The van der Waals surface area contributed by atoms with Gasteiger partial charge in [-0.05, 0) is 54.6 Å². The van der Waals surface area contributed by atoms with Crippen LogP contribution >= 0.6 is 31.9 Å². The second-order valence-corrected chi connectivity index (χ2v) is 8.53. The van der Waals surface area contributed by atoms with E-state index in [1.54, 1.807) is 24.3 Å². The fourth-order valence-corrected chi connectivity index (χ4v) is 3.62. The van der Waals surface area contributed by atoms with E-state index in [2.05, 4.69) is 41.9 Å². The molecule has 0 atom stereocenters. The molecule has 0 aliphatic carbocycles. The Bertz CT molecular complexity index is 1250. The topological polar surface area (TPSA) is 88.4 Å². The van der Waals surface area contributed by atoms with Crippen molar-refractivity contribution in [3.05, 3.63) is 97.9 Å². The monoisotopic (exact) mass is 568 g/mol. The van der Waals surface area contributed by atoms with E-state index in [-0.39, 0.29) is 5.57 Å². The number of rotatable bonds is 7. The van der Waals surface area contributed by atoms with Crippen molar-refractivity contribution in [2.45, 2.75) is 6.61 Å². The van der Waals surface area contributed by atoms with Crippen LogP contribution in [0.3, 0.4) is 0 Å². The lowest BCUT2D eigenvalue weighted by molar-refractivity contribution is -0.112. The first-order valence-electron chi connectivity index (χ1n) is 9.68. The highest BCUT2D eigenvalue weighted by atomic mass is 79.9. The van der Waals surface area contributed by atoms with Crippen LogP contribution in [0.2, 0.25) is 0 Å². The van der Waals surface area contributed by atoms with Crippen molar-refractivity contribution in [3.8, 4) is 11.8 Å². The van der Waals surface area contributed by atoms with Gasteiger partial charge in [-0.3, -0.25) is 4.79 Å². The number of anilines is 1. The molecule has 3 rings (SSSR count). The van der Waals surface area contributed by atoms with Crippen molar-refractivity contribution in [2.75, 3.05) is 12.4 Å². The van der Waals surface area contributed by atoms with Gasteiger partial charge < -0.3 is 14.8 Å². The number of nitrogens with zero attached hydrogens (tertiary/aromatic N) is 1. The van der Waals surface area contributed by atoms with Crippen LogP contribution in [0, 0.1) is 11.3 Å². The van der Waals surface area contributed by atoms with Gasteiger partial charge in [0, 0.05) is 25.8 Å². The van der Waals surface area contributed by atoms with E-state index in [0.29, 0.717) is 29.2 Å². The molecule has 3 aromatic rings. The van der Waals surface area contributed by atoms with Crippen molar-refractivity contribution in [1.82, 2.24) is 0 Å². The van der Waals surface area contributed by atoms with Gasteiger partial charge in [0.2, 0.25) is 0 Å². The lowest BCUT2D eigenvalue weighted by Gasteiger charge is -2.12. The Morgan fingerprint density at radius 3 is 2.45 bits per heavy atom. The van der Waals surface area contributed by atoms with Gasteiger partial charge in [-0.2, -0.15) is 5.26 Å². The summed E-state index contributed by atoms with van der Waals surface area (Å²) in [4.78, 5) is 24.2. The molecule has 0 aromatic heterocycles. The van der Waals surface area contributed by atoms with Gasteiger partial charge in [-0.1, -0.05) is 50.1 Å². The summed E-state index contributed by atoms with van der Waals surface area (Å²) >= 11 is 6.91. The summed E-state index contributed by atoms with van der Waals surface area (Å²) in [7, 11) is 1.29. The predicted octanol–water partition coefficient (Wildman–Crippen LogP) is 6.12. The van der Waals surface area contributed by atoms with E-state index in [4.69, 9.17) is 4.74 Å². The van der Waals surface area contributed by atoms with Crippen molar-refractivity contribution < 1.29 is 19.1 Å². The average Bonchev–Trinajstić information content (AvgIpc) is 2.82. The Kier molecular flexibility index (Phi) is 8.41. The van der Waals surface area contributed by atoms with Crippen LogP contribution in [0.1, 0.15) is 21.5 Å². The quantitative estimate of drug-likeness (QED) is 0.210. The van der Waals surface area contributed by atoms with Gasteiger partial charge in [0.1, 0.15) is 24.0 Å². The third-order valence-electron chi connectivity index (χ3n) is 4.54. The lowest BCUT2D eigenvalue weighted by atomic mass is 10.1. The highest BCUT2D eigenvalue weighted by molar-refractivity contribution is 9.10. The van der Waals surface area contributed by atoms with E-state index < -0.39 is 11.9 Å². The molecular weight excluding hydrogens is 552 g/mol. The summed E-state index contributed by atoms with van der Waals surface area (Å²) < 4.78 is 12.3. The van der Waals surface area contributed by atoms with Gasteiger partial charge >= 0.3 is 5.97 Å². The molecule has 0 fully saturated rings. The van der Waals surface area contributed by atoms with Crippen LogP contribution < -0.4 is 10.1 Å². The van der Waals surface area contributed by atoms with Crippen LogP contribution in [0.15, 0.2) is 81.2 Å². The summed E-state index contributed by atoms with van der Waals surface area (Å²) in [6.07, 6.45) is 1.47. The third kappa shape index (κ3) is 6.54. The molecule has 1 amide bonds. The minimum atomic E-state index is -0.583. The number of esters is 1. The van der Waals surface area contributed by atoms with E-state index in [1.165, 1.54) is 25.3 Å². The molecule has 6 nitrogen and oxygen atoms in total. The zero-order valence-electron chi connectivity index (χ0n) is 17.5. The molecule has 166 valence electrons. The molecule has 33 heavy (non-hydrogen) atoms. The van der Waals surface area contributed by atoms with Gasteiger partial charge in [0.15, 0.2) is 0 Å². The zero-order chi connectivity index (χ0) is 23.8. The Morgan fingerprint density at radius 1 is 1.06 bits per heavy atom. The second-order valence-electron chi connectivity index (χ2n) is 6.76. The van der Waals surface area contributed by atoms with Crippen LogP contribution in [-0.2, 0) is 16.1 Å². The number of hydrogen-bond donors (Lipinski definition) is 1. The zero-order valence-corrected chi connectivity index (χ0v) is 20.6. The molecule has 1 N–H and O–H groups in total. The minimum Gasteiger partial charge on any atom is -0.488 e. The first-order chi connectivity index (χ1) is 15.9. The molecule has 0 unspecified atom stereocenters. The predicted molar refractivity (Wildman–Crippen MR) is 133 cm³/mol. The second kappa shape index (κ2) is 11.5. The maximum atomic E-state index is 12.7. The summed E-state index contributed by atoms with van der Waals surface area (Å²) in [6, 6.07) is 21.2. The van der Waals surface area contributed by atoms with E-state index in [1.807, 2.05) is 36.4 Å². The summed E-state index contributed by atoms with van der Waals surface area (Å²) in [5.74, 6) is -0.535. The number of ether oxygens (including phenoxy) is 2. The largest absolute Gasteiger partial charge is 0.488 e. The SMILES string of the molecule is COC(=O)c1ccc(NC(=O)/C(C#N)=C/c2cc(Br)ccc2OCc2ccccc2Br)cc1. The average molecular weight is 570 g/mol. The van der Waals surface area contributed by atoms with E-state index in [0.717, 1.165) is 14.5 Å². The number of carbonyl (C=O) groups excluding carboxylic acids is 2. The Hall–Kier alpha value is -3.41. The maximum absolute atomic E-state index is 12.7. The van der Waals surface area contributed by atoms with Crippen LogP contribution in [0.25, 0.3) is 6.08 Å². The van der Waals surface area contributed by atoms with E-state index in [9.17, 15) is 14.9 Å². The number of halogens is 2. The molecule has 0 radical (unpaired) electrons. The van der Waals surface area contributed by atoms with Crippen molar-refractivity contribution in [1.29, 1.82) is 5.26 Å². The molecular formula is C25H18Br2N2O4. The molecule has 0 aliphatic rings. The van der Waals surface area contributed by atoms with Gasteiger partial charge in [-0.15, -0.1) is 0 Å². The molecule has 0 bridgehead atoms. The number of methoxy groups -OCH3 is 1. The molecule has 0 aliphatic heterocycles. The van der Waals surface area contributed by atoms with Crippen LogP contribution in [-0.4, -0.2) is 19.0 Å². The number of nitrogens with one attached hydrogen (secondary N) is 1. The number of nitriles is 1. The van der Waals surface area contributed by atoms with Gasteiger partial charge in [0.05, 0.1) is 12.7 Å². The fourth-order valence-electron chi connectivity index (χ4n) is 2.84. The lowest BCUT2D eigenvalue weighted by Crippen LogP contribution is -2.13. The molecule has 0 saturated heterocycles. The van der Waals surface area contributed by atoms with Crippen molar-refractivity contribution in [3.63, 3.8) is 0 Å². The summed E-state index contributed by atoms with van der Waals surface area (Å²) in [5, 5.41) is 12.2. The van der Waals surface area contributed by atoms with E-state index >= 15 is 0 Å². The van der Waals surface area contributed by atoms with Crippen LogP contribution in [0.4, 0.5) is 5.69 Å². The standard InChI is InChI=1S/C25H18Br2N2O4/c1-32-25(31)16-6-9-21(10-7-16)29-24(30)19(14-28)12-18-13-20(26)8-11-23(18)33-15-17-4-2-3-5-22(17)27/h2-13H,15H2,1H3,(H,29,30)/b19-12+. The summed E-state index contributed by atoms with van der Waals surface area (Å²) in [6.45, 7) is 0.310. The first kappa shape index (κ1) is 24.2. The maximum Gasteiger partial charge on any atom is 0.337 e. The first-order valence-corrected chi connectivity index (χ1v) is 11.3. The van der Waals surface area contributed by atoms with Crippen LogP contribution in [0.5, 0.6) is 5.75 Å². The number of carbonyl (C=O) groups is 2. The number of hydrogen-bond acceptors (Lipinski definition) is 5. The number of amides is 1. The Balaban J connectivity index is 1.80. The normalized spacial score (nSPS) is 10.8. The summed E-state index contributed by atoms with van der Waals surface area (Å²) in [5.41, 5.74) is 2.23. The van der Waals surface area contributed by atoms with Crippen molar-refractivity contribution in [2.24, 2.45) is 0 Å². The molecule has 0 heterocycles. The van der Waals surface area contributed by atoms with Gasteiger partial charge in [0.25, 0.3) is 5.91 Å². The van der Waals surface area contributed by atoms with Gasteiger partial charge in [-0.25, -0.2) is 4.79 Å². The third-order valence-corrected chi connectivity index (χ3v) is 5.81. The Labute approximate surface area is 208 Å². The highest BCUT2D eigenvalue weighted by Gasteiger charge is 2.13. The smallest absolute Gasteiger partial charge is 0.337 e. The molecule has 0 spiro atoms. The molecule has 3 aromatic carbocycles.